The molecule has 3 heterocycles. The van der Waals surface area contributed by atoms with Gasteiger partial charge in [0.25, 0.3) is 0 Å². The summed E-state index contributed by atoms with van der Waals surface area (Å²) in [4.78, 5) is 6.95. The van der Waals surface area contributed by atoms with Crippen molar-refractivity contribution in [3.8, 4) is 5.69 Å². The van der Waals surface area contributed by atoms with Gasteiger partial charge in [0.05, 0.1) is 17.8 Å². The van der Waals surface area contributed by atoms with Crippen molar-refractivity contribution in [3.63, 3.8) is 0 Å². The molecule has 2 aromatic heterocycles. The van der Waals surface area contributed by atoms with Crippen LogP contribution in [0.2, 0.25) is 0 Å². The lowest BCUT2D eigenvalue weighted by Crippen LogP contribution is -2.35. The summed E-state index contributed by atoms with van der Waals surface area (Å²) in [6, 6.07) is 17.5. The molecule has 1 N–H and O–H groups in total. The van der Waals surface area contributed by atoms with Crippen molar-refractivity contribution in [3.05, 3.63) is 82.9 Å². The van der Waals surface area contributed by atoms with Crippen LogP contribution in [0.3, 0.4) is 0 Å². The second kappa shape index (κ2) is 7.64. The number of nitrogens with zero attached hydrogens (tertiary/aromatic N) is 3. The fourth-order valence-corrected chi connectivity index (χ4v) is 4.88. The van der Waals surface area contributed by atoms with Crippen LogP contribution in [-0.2, 0) is 0 Å². The molecule has 0 amide bonds. The lowest BCUT2D eigenvalue weighted by Gasteiger charge is -2.31. The van der Waals surface area contributed by atoms with Gasteiger partial charge in [-0.05, 0) is 82.7 Å². The van der Waals surface area contributed by atoms with E-state index in [1.807, 2.05) is 18.3 Å². The van der Waals surface area contributed by atoms with Gasteiger partial charge in [0, 0.05) is 29.3 Å². The third-order valence-corrected chi connectivity index (χ3v) is 6.10. The quantitative estimate of drug-likeness (QED) is 0.608. The van der Waals surface area contributed by atoms with Crippen LogP contribution in [-0.4, -0.2) is 25.6 Å². The minimum atomic E-state index is 0.0260. The molecule has 1 aliphatic heterocycles. The number of hydrogen-bond acceptors (Lipinski definition) is 2. The van der Waals surface area contributed by atoms with E-state index in [1.54, 1.807) is 0 Å². The summed E-state index contributed by atoms with van der Waals surface area (Å²) in [5.74, 6) is 0. The largest absolute Gasteiger partial charge is 0.352 e. The normalized spacial score (nSPS) is 19.1. The number of aryl methyl sites for hydroxylation is 2. The highest BCUT2D eigenvalue weighted by molar-refractivity contribution is 7.80. The second-order valence-corrected chi connectivity index (χ2v) is 8.51. The molecule has 0 bridgehead atoms. The van der Waals surface area contributed by atoms with Crippen LogP contribution in [0.1, 0.15) is 54.1 Å². The third kappa shape index (κ3) is 3.44. The van der Waals surface area contributed by atoms with Crippen LogP contribution < -0.4 is 5.32 Å². The minimum Gasteiger partial charge on any atom is -0.352 e. The first-order chi connectivity index (χ1) is 13.9. The van der Waals surface area contributed by atoms with Gasteiger partial charge >= 0.3 is 0 Å². The van der Waals surface area contributed by atoms with Gasteiger partial charge in [-0.1, -0.05) is 23.8 Å². The highest BCUT2D eigenvalue weighted by Crippen LogP contribution is 2.42. The van der Waals surface area contributed by atoms with E-state index in [-0.39, 0.29) is 18.1 Å². The summed E-state index contributed by atoms with van der Waals surface area (Å²) < 4.78 is 2.34. The maximum Gasteiger partial charge on any atom is 0.170 e. The van der Waals surface area contributed by atoms with E-state index in [4.69, 9.17) is 12.2 Å². The molecule has 0 saturated carbocycles. The van der Waals surface area contributed by atoms with Gasteiger partial charge in [-0.25, -0.2) is 0 Å². The predicted molar refractivity (Wildman–Crippen MR) is 122 cm³/mol. The zero-order valence-electron chi connectivity index (χ0n) is 17.7. The number of benzene rings is 1. The smallest absolute Gasteiger partial charge is 0.170 e. The van der Waals surface area contributed by atoms with Crippen LogP contribution in [0.4, 0.5) is 0 Å². The Kier molecular flexibility index (Phi) is 5.17. The summed E-state index contributed by atoms with van der Waals surface area (Å²) in [5.41, 5.74) is 7.24. The number of hydrogen-bond donors (Lipinski definition) is 1. The van der Waals surface area contributed by atoms with E-state index in [0.717, 1.165) is 10.8 Å². The number of aromatic nitrogens is 2. The van der Waals surface area contributed by atoms with Crippen molar-refractivity contribution >= 4 is 17.3 Å². The van der Waals surface area contributed by atoms with Crippen molar-refractivity contribution in [2.75, 3.05) is 0 Å². The average Bonchev–Trinajstić information content (AvgIpc) is 3.19. The molecule has 1 aromatic carbocycles. The molecular weight excluding hydrogens is 376 g/mol. The molecule has 0 unspecified atom stereocenters. The molecule has 0 aliphatic carbocycles. The maximum atomic E-state index is 5.74. The van der Waals surface area contributed by atoms with Gasteiger partial charge in [0.2, 0.25) is 0 Å². The number of thiocarbonyl (C=S) groups is 1. The van der Waals surface area contributed by atoms with E-state index in [1.165, 1.54) is 28.2 Å². The molecule has 3 aromatic rings. The number of rotatable bonds is 4. The predicted octanol–water partition coefficient (Wildman–Crippen LogP) is 5.18. The Morgan fingerprint density at radius 3 is 2.38 bits per heavy atom. The first-order valence-corrected chi connectivity index (χ1v) is 10.5. The summed E-state index contributed by atoms with van der Waals surface area (Å²) >= 11 is 5.74. The first-order valence-electron chi connectivity index (χ1n) is 10.1. The van der Waals surface area contributed by atoms with Gasteiger partial charge in [-0.3, -0.25) is 4.98 Å². The van der Waals surface area contributed by atoms with Gasteiger partial charge in [-0.15, -0.1) is 0 Å². The molecule has 29 heavy (non-hydrogen) atoms. The Bertz CT molecular complexity index is 1020. The van der Waals surface area contributed by atoms with Crippen molar-refractivity contribution in [1.82, 2.24) is 19.8 Å². The van der Waals surface area contributed by atoms with E-state index >= 15 is 0 Å². The van der Waals surface area contributed by atoms with E-state index in [0.29, 0.717) is 0 Å². The molecule has 0 radical (unpaired) electrons. The number of nitrogens with one attached hydrogen (secondary N) is 1. The molecule has 4 nitrogen and oxygen atoms in total. The van der Waals surface area contributed by atoms with Crippen LogP contribution >= 0.6 is 12.2 Å². The fraction of sp³-hybridized carbons (Fsp3) is 0.333. The zero-order valence-corrected chi connectivity index (χ0v) is 18.5. The zero-order chi connectivity index (χ0) is 20.7. The van der Waals surface area contributed by atoms with E-state index < -0.39 is 0 Å². The first kappa shape index (κ1) is 19.6. The van der Waals surface area contributed by atoms with Gasteiger partial charge < -0.3 is 14.8 Å². The van der Waals surface area contributed by atoms with Crippen LogP contribution in [0.25, 0.3) is 5.69 Å². The number of pyridine rings is 1. The highest BCUT2D eigenvalue weighted by Gasteiger charge is 2.42. The molecule has 1 fully saturated rings. The topological polar surface area (TPSA) is 33.1 Å². The second-order valence-electron chi connectivity index (χ2n) is 8.13. The van der Waals surface area contributed by atoms with E-state index in [2.05, 4.69) is 90.8 Å². The molecular formula is C24H28N4S. The molecule has 2 atom stereocenters. The third-order valence-electron chi connectivity index (χ3n) is 5.77. The van der Waals surface area contributed by atoms with Gasteiger partial charge in [0.1, 0.15) is 0 Å². The maximum absolute atomic E-state index is 5.74. The molecule has 0 spiro atoms. The van der Waals surface area contributed by atoms with Gasteiger partial charge in [-0.2, -0.15) is 0 Å². The Hall–Kier alpha value is -2.66. The van der Waals surface area contributed by atoms with E-state index in [9.17, 15) is 0 Å². The molecule has 4 rings (SSSR count). The summed E-state index contributed by atoms with van der Waals surface area (Å²) in [7, 11) is 0. The van der Waals surface area contributed by atoms with Crippen LogP contribution in [0.15, 0.2) is 54.7 Å². The summed E-state index contributed by atoms with van der Waals surface area (Å²) in [5, 5.41) is 4.33. The van der Waals surface area contributed by atoms with Gasteiger partial charge in [0.15, 0.2) is 5.11 Å². The fourth-order valence-electron chi connectivity index (χ4n) is 4.43. The van der Waals surface area contributed by atoms with Crippen LogP contribution in [0.5, 0.6) is 0 Å². The van der Waals surface area contributed by atoms with Crippen molar-refractivity contribution in [2.45, 2.75) is 52.7 Å². The minimum absolute atomic E-state index is 0.0260. The Labute approximate surface area is 178 Å². The molecule has 1 saturated heterocycles. The SMILES string of the molecule is Cc1ccc(-n2c(C)cc([C@H]3[C@H](c4ccccn4)NC(=S)N3C(C)C)c2C)cc1. The Morgan fingerprint density at radius 1 is 1.03 bits per heavy atom. The lowest BCUT2D eigenvalue weighted by atomic mass is 9.96. The summed E-state index contributed by atoms with van der Waals surface area (Å²) in [6.07, 6.45) is 1.85. The molecule has 5 heteroatoms. The standard InChI is InChI=1S/C24H28N4S/c1-15(2)27-23(22(26-24(27)29)21-8-6-7-13-25-21)20-14-17(4)28(18(20)5)19-11-9-16(3)10-12-19/h6-15,22-23H,1-5H3,(H,26,29)/t22-,23-/m0/s1. The summed E-state index contributed by atoms with van der Waals surface area (Å²) in [6.45, 7) is 10.9. The monoisotopic (exact) mass is 404 g/mol. The lowest BCUT2D eigenvalue weighted by molar-refractivity contribution is 0.269. The van der Waals surface area contributed by atoms with Crippen LogP contribution in [0, 0.1) is 20.8 Å². The highest BCUT2D eigenvalue weighted by atomic mass is 32.1. The Morgan fingerprint density at radius 2 is 1.76 bits per heavy atom. The van der Waals surface area contributed by atoms with Crippen molar-refractivity contribution in [1.29, 1.82) is 0 Å². The Balaban J connectivity index is 1.85. The molecule has 150 valence electrons. The average molecular weight is 405 g/mol. The van der Waals surface area contributed by atoms with Crippen molar-refractivity contribution < 1.29 is 0 Å². The molecule has 1 aliphatic rings. The van der Waals surface area contributed by atoms with Crippen molar-refractivity contribution in [2.24, 2.45) is 0 Å².